The van der Waals surface area contributed by atoms with Gasteiger partial charge in [-0.1, -0.05) is 140 Å². The molecule has 0 amide bonds. The van der Waals surface area contributed by atoms with Crippen LogP contribution in [0.1, 0.15) is 0 Å². The van der Waals surface area contributed by atoms with Crippen LogP contribution in [0.25, 0.3) is 103 Å². The van der Waals surface area contributed by atoms with Gasteiger partial charge in [0.15, 0.2) is 0 Å². The van der Waals surface area contributed by atoms with E-state index in [0.29, 0.717) is 0 Å². The molecule has 0 aliphatic heterocycles. The van der Waals surface area contributed by atoms with Gasteiger partial charge >= 0.3 is 0 Å². The highest BCUT2D eigenvalue weighted by molar-refractivity contribution is 7.25. The molecule has 0 fully saturated rings. The third-order valence-corrected chi connectivity index (χ3v) is 13.7. The number of furan rings is 1. The standard InChI is InChI=1S/C58H36N2OS/c1-2-16-44-38(13-1)29-33-48-57-43(20-12-25-54(57)61-58(44)48)40-14-11-15-42(35-40)59(41-31-27-37(28-32-41)39-30-34-56-49(36-39)47-19-5-10-26-55(47)62-56)52-23-8-9-24-53(52)60-50-21-6-3-17-45(50)46-18-4-7-22-51(46)60/h1-36H. The van der Waals surface area contributed by atoms with E-state index in [1.807, 2.05) is 11.3 Å². The molecule has 3 aromatic heterocycles. The topological polar surface area (TPSA) is 21.3 Å². The average Bonchev–Trinajstić information content (AvgIpc) is 4.02. The summed E-state index contributed by atoms with van der Waals surface area (Å²) in [6.45, 7) is 0. The van der Waals surface area contributed by atoms with Crippen LogP contribution >= 0.6 is 11.3 Å². The molecule has 0 bridgehead atoms. The minimum atomic E-state index is 0.886. The van der Waals surface area contributed by atoms with Crippen LogP contribution in [-0.4, -0.2) is 4.57 Å². The first-order chi connectivity index (χ1) is 30.7. The van der Waals surface area contributed by atoms with Gasteiger partial charge in [0.25, 0.3) is 0 Å². The molecule has 0 aliphatic rings. The number of para-hydroxylation sites is 4. The summed E-state index contributed by atoms with van der Waals surface area (Å²) in [4.78, 5) is 2.42. The van der Waals surface area contributed by atoms with Crippen LogP contribution in [0.5, 0.6) is 0 Å². The fourth-order valence-electron chi connectivity index (χ4n) is 9.77. The maximum Gasteiger partial charge on any atom is 0.143 e. The summed E-state index contributed by atoms with van der Waals surface area (Å²) in [6.07, 6.45) is 0. The maximum absolute atomic E-state index is 6.65. The first kappa shape index (κ1) is 34.9. The Hall–Kier alpha value is -7.92. The van der Waals surface area contributed by atoms with Crippen molar-refractivity contribution in [1.29, 1.82) is 0 Å². The monoisotopic (exact) mass is 808 g/mol. The molecule has 3 heterocycles. The van der Waals surface area contributed by atoms with Crippen molar-refractivity contribution in [2.45, 2.75) is 0 Å². The van der Waals surface area contributed by atoms with Crippen molar-refractivity contribution in [3.05, 3.63) is 218 Å². The van der Waals surface area contributed by atoms with Crippen molar-refractivity contribution in [2.24, 2.45) is 0 Å². The summed E-state index contributed by atoms with van der Waals surface area (Å²) in [6, 6.07) is 79.3. The van der Waals surface area contributed by atoms with Gasteiger partial charge in [0.05, 0.1) is 22.4 Å². The summed E-state index contributed by atoms with van der Waals surface area (Å²) >= 11 is 1.86. The predicted molar refractivity (Wildman–Crippen MR) is 264 cm³/mol. The molecular weight excluding hydrogens is 773 g/mol. The zero-order valence-electron chi connectivity index (χ0n) is 33.5. The zero-order chi connectivity index (χ0) is 40.7. The van der Waals surface area contributed by atoms with Crippen molar-refractivity contribution in [3.63, 3.8) is 0 Å². The molecule has 0 saturated heterocycles. The number of rotatable bonds is 6. The summed E-state index contributed by atoms with van der Waals surface area (Å²) < 4.78 is 11.7. The second-order valence-corrected chi connectivity index (χ2v) is 17.1. The molecule has 10 aromatic carbocycles. The van der Waals surface area contributed by atoms with Crippen LogP contribution in [0.4, 0.5) is 17.1 Å². The van der Waals surface area contributed by atoms with Crippen LogP contribution < -0.4 is 4.90 Å². The quantitative estimate of drug-likeness (QED) is 0.167. The second kappa shape index (κ2) is 13.8. The van der Waals surface area contributed by atoms with Gasteiger partial charge in [0, 0.05) is 58.5 Å². The van der Waals surface area contributed by atoms with E-state index in [-0.39, 0.29) is 0 Å². The molecule has 0 radical (unpaired) electrons. The lowest BCUT2D eigenvalue weighted by molar-refractivity contribution is 0.673. The molecule has 3 nitrogen and oxygen atoms in total. The van der Waals surface area contributed by atoms with E-state index < -0.39 is 0 Å². The molecular formula is C58H36N2OS. The van der Waals surface area contributed by atoms with Crippen LogP contribution in [0.15, 0.2) is 223 Å². The van der Waals surface area contributed by atoms with Crippen molar-refractivity contribution in [1.82, 2.24) is 4.57 Å². The molecule has 0 N–H and O–H groups in total. The minimum absolute atomic E-state index is 0.886. The van der Waals surface area contributed by atoms with E-state index in [9.17, 15) is 0 Å². The fourth-order valence-corrected chi connectivity index (χ4v) is 10.9. The van der Waals surface area contributed by atoms with E-state index >= 15 is 0 Å². The van der Waals surface area contributed by atoms with Crippen LogP contribution in [0.3, 0.4) is 0 Å². The second-order valence-electron chi connectivity index (χ2n) is 16.0. The van der Waals surface area contributed by atoms with Gasteiger partial charge in [-0.15, -0.1) is 11.3 Å². The SMILES string of the molecule is c1cc(-c2cccc3oc4c5ccccc5ccc4c23)cc(N(c2ccc(-c3ccc4sc5ccccc5c4c3)cc2)c2ccccc2-n2c3ccccc3c3ccccc32)c1. The molecule has 0 atom stereocenters. The molecule has 0 aliphatic carbocycles. The Morgan fingerprint density at radius 1 is 0.403 bits per heavy atom. The molecule has 13 rings (SSSR count). The van der Waals surface area contributed by atoms with Gasteiger partial charge in [0.2, 0.25) is 0 Å². The predicted octanol–water partition coefficient (Wildman–Crippen LogP) is 17.0. The molecule has 0 spiro atoms. The zero-order valence-corrected chi connectivity index (χ0v) is 34.3. The van der Waals surface area contributed by atoms with Crippen molar-refractivity contribution in [2.75, 3.05) is 4.90 Å². The highest BCUT2D eigenvalue weighted by atomic mass is 32.1. The Kier molecular flexibility index (Phi) is 7.78. The number of benzene rings is 10. The Morgan fingerprint density at radius 3 is 1.92 bits per heavy atom. The van der Waals surface area contributed by atoms with E-state index in [0.717, 1.165) is 61.2 Å². The largest absolute Gasteiger partial charge is 0.455 e. The Labute approximate surface area is 361 Å². The normalized spacial score (nSPS) is 11.9. The Morgan fingerprint density at radius 2 is 1.08 bits per heavy atom. The van der Waals surface area contributed by atoms with Gasteiger partial charge in [-0.05, 0) is 107 Å². The molecule has 290 valence electrons. The van der Waals surface area contributed by atoms with E-state index in [4.69, 9.17) is 4.42 Å². The van der Waals surface area contributed by atoms with Gasteiger partial charge in [0.1, 0.15) is 11.2 Å². The number of fused-ring (bicyclic) bond motifs is 11. The van der Waals surface area contributed by atoms with Gasteiger partial charge in [-0.3, -0.25) is 0 Å². The summed E-state index contributed by atoms with van der Waals surface area (Å²) in [5.41, 5.74) is 13.1. The maximum atomic E-state index is 6.65. The van der Waals surface area contributed by atoms with E-state index in [1.54, 1.807) is 0 Å². The smallest absolute Gasteiger partial charge is 0.143 e. The van der Waals surface area contributed by atoms with Crippen LogP contribution in [0, 0.1) is 0 Å². The number of thiophene rings is 1. The lowest BCUT2D eigenvalue weighted by atomic mass is 9.97. The lowest BCUT2D eigenvalue weighted by Crippen LogP contribution is -2.13. The Balaban J connectivity index is 1.01. The fraction of sp³-hybridized carbons (Fsp3) is 0. The summed E-state index contributed by atoms with van der Waals surface area (Å²) in [5.74, 6) is 0. The molecule has 0 saturated carbocycles. The third-order valence-electron chi connectivity index (χ3n) is 12.6. The summed E-state index contributed by atoms with van der Waals surface area (Å²) in [7, 11) is 0. The van der Waals surface area contributed by atoms with Crippen molar-refractivity contribution >= 4 is 103 Å². The highest BCUT2D eigenvalue weighted by Gasteiger charge is 2.22. The minimum Gasteiger partial charge on any atom is -0.455 e. The van der Waals surface area contributed by atoms with Crippen LogP contribution in [-0.2, 0) is 0 Å². The van der Waals surface area contributed by atoms with E-state index in [2.05, 4.69) is 228 Å². The van der Waals surface area contributed by atoms with Gasteiger partial charge in [-0.25, -0.2) is 0 Å². The lowest BCUT2D eigenvalue weighted by Gasteiger charge is -2.29. The molecule has 0 unspecified atom stereocenters. The number of nitrogens with zero attached hydrogens (tertiary/aromatic N) is 2. The third kappa shape index (κ3) is 5.37. The Bertz CT molecular complexity index is 3830. The number of hydrogen-bond donors (Lipinski definition) is 0. The number of anilines is 3. The molecule has 4 heteroatoms. The first-order valence-corrected chi connectivity index (χ1v) is 21.9. The highest BCUT2D eigenvalue weighted by Crippen LogP contribution is 2.45. The average molecular weight is 809 g/mol. The summed E-state index contributed by atoms with van der Waals surface area (Å²) in [5, 5.41) is 9.64. The van der Waals surface area contributed by atoms with Gasteiger partial charge < -0.3 is 13.9 Å². The van der Waals surface area contributed by atoms with Gasteiger partial charge in [-0.2, -0.15) is 0 Å². The number of hydrogen-bond acceptors (Lipinski definition) is 3. The first-order valence-electron chi connectivity index (χ1n) is 21.1. The molecule has 62 heavy (non-hydrogen) atoms. The van der Waals surface area contributed by atoms with Crippen molar-refractivity contribution in [3.8, 4) is 27.9 Å². The number of aromatic nitrogens is 1. The van der Waals surface area contributed by atoms with Crippen molar-refractivity contribution < 1.29 is 4.42 Å². The van der Waals surface area contributed by atoms with Crippen LogP contribution in [0.2, 0.25) is 0 Å². The van der Waals surface area contributed by atoms with E-state index in [1.165, 1.54) is 58.5 Å². The molecule has 13 aromatic rings.